The number of halogens is 1. The molecule has 138 valence electrons. The van der Waals surface area contributed by atoms with Crippen LogP contribution in [0.5, 0.6) is 11.5 Å². The maximum Gasteiger partial charge on any atom is 0.341 e. The highest BCUT2D eigenvalue weighted by Crippen LogP contribution is 2.27. The number of carbonyl (C=O) groups is 2. The van der Waals surface area contributed by atoms with Crippen molar-refractivity contribution in [3.05, 3.63) is 53.1 Å². The number of ether oxygens (including phenoxy) is 2. The topological polar surface area (TPSA) is 84.9 Å². The van der Waals surface area contributed by atoms with Crippen molar-refractivity contribution in [3.8, 4) is 11.5 Å². The zero-order valence-corrected chi connectivity index (χ0v) is 15.2. The molecular formula is C19H20ClNO5. The molecule has 0 fully saturated rings. The lowest BCUT2D eigenvalue weighted by Gasteiger charge is -2.11. The second kappa shape index (κ2) is 9.10. The van der Waals surface area contributed by atoms with Crippen LogP contribution in [0.15, 0.2) is 42.5 Å². The molecular weight excluding hydrogens is 358 g/mol. The van der Waals surface area contributed by atoms with E-state index in [9.17, 15) is 9.59 Å². The molecule has 6 nitrogen and oxygen atoms in total. The third kappa shape index (κ3) is 6.29. The van der Waals surface area contributed by atoms with Crippen LogP contribution in [0.4, 0.5) is 5.69 Å². The molecule has 0 saturated heterocycles. The summed E-state index contributed by atoms with van der Waals surface area (Å²) in [7, 11) is 0. The van der Waals surface area contributed by atoms with Crippen LogP contribution < -0.4 is 14.8 Å². The molecule has 2 aromatic carbocycles. The lowest BCUT2D eigenvalue weighted by atomic mass is 10.1. The molecule has 0 saturated carbocycles. The van der Waals surface area contributed by atoms with Gasteiger partial charge in [-0.3, -0.25) is 4.79 Å². The quantitative estimate of drug-likeness (QED) is 0.731. The third-order valence-corrected chi connectivity index (χ3v) is 3.50. The lowest BCUT2D eigenvalue weighted by molar-refractivity contribution is -0.139. The fourth-order valence-electron chi connectivity index (χ4n) is 2.23. The first-order chi connectivity index (χ1) is 12.3. The molecule has 7 heteroatoms. The monoisotopic (exact) mass is 377 g/mol. The van der Waals surface area contributed by atoms with Crippen molar-refractivity contribution in [2.45, 2.75) is 26.4 Å². The molecule has 0 aliphatic carbocycles. The van der Waals surface area contributed by atoms with E-state index in [4.69, 9.17) is 26.2 Å². The molecule has 0 heterocycles. The molecule has 0 aliphatic rings. The Morgan fingerprint density at radius 1 is 1.19 bits per heavy atom. The maximum atomic E-state index is 12.2. The molecule has 0 radical (unpaired) electrons. The van der Waals surface area contributed by atoms with Crippen molar-refractivity contribution < 1.29 is 24.2 Å². The minimum absolute atomic E-state index is 0.0584. The lowest BCUT2D eigenvalue weighted by Crippen LogP contribution is -2.15. The van der Waals surface area contributed by atoms with Gasteiger partial charge in [0.2, 0.25) is 5.91 Å². The molecule has 0 aromatic heterocycles. The molecule has 26 heavy (non-hydrogen) atoms. The van der Waals surface area contributed by atoms with Crippen molar-refractivity contribution in [2.24, 2.45) is 0 Å². The molecule has 0 atom stereocenters. The van der Waals surface area contributed by atoms with E-state index in [1.165, 1.54) is 12.1 Å². The van der Waals surface area contributed by atoms with Crippen LogP contribution in [-0.4, -0.2) is 29.7 Å². The predicted molar refractivity (Wildman–Crippen MR) is 99.1 cm³/mol. The van der Waals surface area contributed by atoms with E-state index < -0.39 is 12.6 Å². The summed E-state index contributed by atoms with van der Waals surface area (Å²) < 4.78 is 10.7. The summed E-state index contributed by atoms with van der Waals surface area (Å²) in [4.78, 5) is 22.7. The van der Waals surface area contributed by atoms with Crippen LogP contribution >= 0.6 is 11.6 Å². The highest BCUT2D eigenvalue weighted by Gasteiger charge is 2.09. The number of carboxylic acid groups (broad SMARTS) is 1. The first-order valence-electron chi connectivity index (χ1n) is 8.03. The summed E-state index contributed by atoms with van der Waals surface area (Å²) in [6, 6.07) is 12.0. The van der Waals surface area contributed by atoms with Gasteiger partial charge in [0.25, 0.3) is 0 Å². The van der Waals surface area contributed by atoms with Crippen LogP contribution in [-0.2, 0) is 16.0 Å². The van der Waals surface area contributed by atoms with Gasteiger partial charge in [-0.05, 0) is 49.7 Å². The van der Waals surface area contributed by atoms with Crippen molar-refractivity contribution in [1.29, 1.82) is 0 Å². The standard InChI is InChI=1S/C19H20ClNO5/c1-12(2)26-15-5-3-4-13(8-15)9-18(22)21-14-6-7-17(16(20)10-14)25-11-19(23)24/h3-8,10,12H,9,11H2,1-2H3,(H,21,22)(H,23,24). The predicted octanol–water partition coefficient (Wildman–Crippen LogP) is 3.77. The number of hydrogen-bond donors (Lipinski definition) is 2. The fourth-order valence-corrected chi connectivity index (χ4v) is 2.46. The van der Waals surface area contributed by atoms with E-state index in [-0.39, 0.29) is 29.2 Å². The SMILES string of the molecule is CC(C)Oc1cccc(CC(=O)Nc2ccc(OCC(=O)O)c(Cl)c2)c1. The van der Waals surface area contributed by atoms with Crippen molar-refractivity contribution in [1.82, 2.24) is 0 Å². The number of nitrogens with one attached hydrogen (secondary N) is 1. The smallest absolute Gasteiger partial charge is 0.341 e. The Kier molecular flexibility index (Phi) is 6.86. The average molecular weight is 378 g/mol. The van der Waals surface area contributed by atoms with Crippen LogP contribution in [0.1, 0.15) is 19.4 Å². The van der Waals surface area contributed by atoms with Crippen LogP contribution in [0, 0.1) is 0 Å². The summed E-state index contributed by atoms with van der Waals surface area (Å²) in [5.41, 5.74) is 1.32. The van der Waals surface area contributed by atoms with E-state index in [1.807, 2.05) is 38.1 Å². The van der Waals surface area contributed by atoms with E-state index in [2.05, 4.69) is 5.32 Å². The zero-order valence-electron chi connectivity index (χ0n) is 14.5. The molecule has 0 unspecified atom stereocenters. The third-order valence-electron chi connectivity index (χ3n) is 3.20. The summed E-state index contributed by atoms with van der Waals surface area (Å²) in [5.74, 6) is -0.344. The molecule has 1 amide bonds. The molecule has 2 rings (SSSR count). The second-order valence-electron chi connectivity index (χ2n) is 5.87. The zero-order chi connectivity index (χ0) is 19.1. The normalized spacial score (nSPS) is 10.5. The van der Waals surface area contributed by atoms with Crippen LogP contribution in [0.25, 0.3) is 0 Å². The van der Waals surface area contributed by atoms with Crippen molar-refractivity contribution in [2.75, 3.05) is 11.9 Å². The van der Waals surface area contributed by atoms with E-state index in [0.717, 1.165) is 5.56 Å². The van der Waals surface area contributed by atoms with Gasteiger partial charge < -0.3 is 19.9 Å². The molecule has 2 aromatic rings. The van der Waals surface area contributed by atoms with Gasteiger partial charge in [-0.25, -0.2) is 4.79 Å². The Morgan fingerprint density at radius 3 is 2.62 bits per heavy atom. The van der Waals surface area contributed by atoms with E-state index in [0.29, 0.717) is 11.4 Å². The number of carbonyl (C=O) groups excluding carboxylic acids is 1. The minimum atomic E-state index is -1.10. The average Bonchev–Trinajstić information content (AvgIpc) is 2.53. The van der Waals surface area contributed by atoms with Crippen molar-refractivity contribution >= 4 is 29.2 Å². The Labute approximate surface area is 156 Å². The van der Waals surface area contributed by atoms with Gasteiger partial charge in [-0.2, -0.15) is 0 Å². The highest BCUT2D eigenvalue weighted by molar-refractivity contribution is 6.32. The van der Waals surface area contributed by atoms with E-state index >= 15 is 0 Å². The number of benzene rings is 2. The highest BCUT2D eigenvalue weighted by atomic mass is 35.5. The van der Waals surface area contributed by atoms with E-state index in [1.54, 1.807) is 6.07 Å². The Bertz CT molecular complexity index is 791. The summed E-state index contributed by atoms with van der Waals surface area (Å²) in [6.45, 7) is 3.39. The van der Waals surface area contributed by atoms with Gasteiger partial charge in [-0.15, -0.1) is 0 Å². The number of rotatable bonds is 8. The summed E-state index contributed by atoms with van der Waals surface area (Å²) in [6.07, 6.45) is 0.243. The number of carboxylic acids is 1. The number of anilines is 1. The Morgan fingerprint density at radius 2 is 1.96 bits per heavy atom. The fraction of sp³-hybridized carbons (Fsp3) is 0.263. The second-order valence-corrected chi connectivity index (χ2v) is 6.27. The number of aliphatic carboxylic acids is 1. The number of hydrogen-bond acceptors (Lipinski definition) is 4. The van der Waals surface area contributed by atoms with Crippen LogP contribution in [0.3, 0.4) is 0 Å². The first kappa shape index (κ1) is 19.6. The van der Waals surface area contributed by atoms with Gasteiger partial charge in [0.05, 0.1) is 17.5 Å². The van der Waals surface area contributed by atoms with Gasteiger partial charge in [0.1, 0.15) is 11.5 Å². The molecule has 0 bridgehead atoms. The Balaban J connectivity index is 1.97. The molecule has 2 N–H and O–H groups in total. The molecule has 0 spiro atoms. The maximum absolute atomic E-state index is 12.2. The number of amides is 1. The Hall–Kier alpha value is -2.73. The first-order valence-corrected chi connectivity index (χ1v) is 8.41. The summed E-state index contributed by atoms with van der Waals surface area (Å²) in [5, 5.41) is 11.6. The molecule has 0 aliphatic heterocycles. The van der Waals surface area contributed by atoms with Gasteiger partial charge in [-0.1, -0.05) is 23.7 Å². The van der Waals surface area contributed by atoms with Gasteiger partial charge >= 0.3 is 5.97 Å². The van der Waals surface area contributed by atoms with Crippen LogP contribution in [0.2, 0.25) is 5.02 Å². The largest absolute Gasteiger partial charge is 0.491 e. The summed E-state index contributed by atoms with van der Waals surface area (Å²) >= 11 is 6.04. The van der Waals surface area contributed by atoms with Crippen molar-refractivity contribution in [3.63, 3.8) is 0 Å². The van der Waals surface area contributed by atoms with Gasteiger partial charge in [0.15, 0.2) is 6.61 Å². The van der Waals surface area contributed by atoms with Gasteiger partial charge in [0, 0.05) is 5.69 Å². The minimum Gasteiger partial charge on any atom is -0.491 e.